The van der Waals surface area contributed by atoms with Crippen LogP contribution in [0.15, 0.2) is 0 Å². The summed E-state index contributed by atoms with van der Waals surface area (Å²) in [7, 11) is 1.33. The van der Waals surface area contributed by atoms with E-state index in [-0.39, 0.29) is 0 Å². The van der Waals surface area contributed by atoms with Crippen LogP contribution in [0, 0.1) is 0 Å². The molecule has 3 nitrogen and oxygen atoms in total. The van der Waals surface area contributed by atoms with Crippen molar-refractivity contribution in [2.45, 2.75) is 19.4 Å². The van der Waals surface area contributed by atoms with Gasteiger partial charge in [0.1, 0.15) is 5.60 Å². The molecule has 0 aromatic heterocycles. The van der Waals surface area contributed by atoms with Gasteiger partial charge in [0.2, 0.25) is 0 Å². The third-order valence-electron chi connectivity index (χ3n) is 1.00. The molecule has 0 saturated heterocycles. The summed E-state index contributed by atoms with van der Waals surface area (Å²) in [5.41, 5.74) is -1.15. The lowest BCUT2D eigenvalue weighted by Gasteiger charge is -2.23. The van der Waals surface area contributed by atoms with Gasteiger partial charge in [-0.15, -0.1) is 0 Å². The van der Waals surface area contributed by atoms with Crippen LogP contribution in [0.25, 0.3) is 0 Å². The highest BCUT2D eigenvalue weighted by molar-refractivity contribution is 5.73. The number of ether oxygens (including phenoxy) is 1. The Morgan fingerprint density at radius 3 is 2.00 bits per heavy atom. The first-order chi connectivity index (χ1) is 3.50. The van der Waals surface area contributed by atoms with Crippen LogP contribution in [0.3, 0.4) is 0 Å². The fraction of sp³-hybridized carbons (Fsp3) is 0.800. The molecule has 0 aromatic carbocycles. The molecular weight excluding hydrogens is 108 g/mol. The molecular formula is C5H9O3-. The predicted molar refractivity (Wildman–Crippen MR) is 26.1 cm³/mol. The summed E-state index contributed by atoms with van der Waals surface area (Å²) in [6, 6.07) is 0. The van der Waals surface area contributed by atoms with Crippen molar-refractivity contribution in [2.75, 3.05) is 7.11 Å². The Kier molecular flexibility index (Phi) is 1.98. The van der Waals surface area contributed by atoms with Gasteiger partial charge < -0.3 is 14.6 Å². The van der Waals surface area contributed by atoms with Crippen molar-refractivity contribution in [2.24, 2.45) is 0 Å². The largest absolute Gasteiger partial charge is 0.547 e. The molecule has 0 aliphatic heterocycles. The Morgan fingerprint density at radius 2 is 2.00 bits per heavy atom. The molecule has 0 aliphatic carbocycles. The summed E-state index contributed by atoms with van der Waals surface area (Å²) in [5, 5.41) is 10.0. The highest BCUT2D eigenvalue weighted by atomic mass is 16.5. The van der Waals surface area contributed by atoms with Gasteiger partial charge in [-0.3, -0.25) is 0 Å². The number of rotatable bonds is 2. The molecule has 0 aromatic rings. The van der Waals surface area contributed by atoms with E-state index >= 15 is 0 Å². The van der Waals surface area contributed by atoms with E-state index in [4.69, 9.17) is 0 Å². The summed E-state index contributed by atoms with van der Waals surface area (Å²) in [6.07, 6.45) is 0. The van der Waals surface area contributed by atoms with E-state index in [2.05, 4.69) is 4.74 Å². The summed E-state index contributed by atoms with van der Waals surface area (Å²) < 4.78 is 4.54. The predicted octanol–water partition coefficient (Wildman–Crippen LogP) is -0.839. The average Bonchev–Trinajstić information content (AvgIpc) is 1.67. The van der Waals surface area contributed by atoms with Crippen molar-refractivity contribution in [3.05, 3.63) is 0 Å². The summed E-state index contributed by atoms with van der Waals surface area (Å²) in [6.45, 7) is 2.87. The fourth-order valence-electron chi connectivity index (χ4n) is 0.0833. The number of carboxylic acid groups (broad SMARTS) is 1. The van der Waals surface area contributed by atoms with Crippen LogP contribution in [0.2, 0.25) is 0 Å². The molecule has 0 radical (unpaired) electrons. The van der Waals surface area contributed by atoms with Gasteiger partial charge in [0.05, 0.1) is 5.97 Å². The molecule has 0 rings (SSSR count). The number of carbonyl (C=O) groups excluding carboxylic acids is 1. The molecule has 48 valence electrons. The number of aliphatic carboxylic acids is 1. The zero-order chi connectivity index (χ0) is 6.78. The van der Waals surface area contributed by atoms with Crippen LogP contribution in [-0.2, 0) is 9.53 Å². The van der Waals surface area contributed by atoms with Crippen LogP contribution >= 0.6 is 0 Å². The van der Waals surface area contributed by atoms with Crippen molar-refractivity contribution in [3.63, 3.8) is 0 Å². The van der Waals surface area contributed by atoms with E-state index in [1.54, 1.807) is 0 Å². The number of hydrogen-bond acceptors (Lipinski definition) is 3. The van der Waals surface area contributed by atoms with Crippen LogP contribution < -0.4 is 5.11 Å². The van der Waals surface area contributed by atoms with Crippen molar-refractivity contribution in [1.82, 2.24) is 0 Å². The van der Waals surface area contributed by atoms with Crippen LogP contribution in [0.4, 0.5) is 0 Å². The van der Waals surface area contributed by atoms with Crippen molar-refractivity contribution < 1.29 is 14.6 Å². The molecule has 0 saturated carbocycles. The van der Waals surface area contributed by atoms with Crippen LogP contribution in [0.5, 0.6) is 0 Å². The molecule has 0 atom stereocenters. The van der Waals surface area contributed by atoms with E-state index in [0.717, 1.165) is 0 Å². The first-order valence-corrected chi connectivity index (χ1v) is 2.27. The van der Waals surface area contributed by atoms with Gasteiger partial charge >= 0.3 is 0 Å². The molecule has 3 heteroatoms. The van der Waals surface area contributed by atoms with Gasteiger partial charge in [0, 0.05) is 7.11 Å². The Bertz CT molecular complexity index is 95.8. The lowest BCUT2D eigenvalue weighted by Crippen LogP contribution is -2.44. The second-order valence-electron chi connectivity index (χ2n) is 2.00. The lowest BCUT2D eigenvalue weighted by atomic mass is 10.1. The Hall–Kier alpha value is -0.570. The summed E-state index contributed by atoms with van der Waals surface area (Å²) in [4.78, 5) is 10.0. The van der Waals surface area contributed by atoms with Gasteiger partial charge in [-0.1, -0.05) is 0 Å². The molecule has 0 unspecified atom stereocenters. The SMILES string of the molecule is COC(C)(C)C(=O)[O-]. The molecule has 0 aliphatic rings. The van der Waals surface area contributed by atoms with E-state index in [9.17, 15) is 9.90 Å². The van der Waals surface area contributed by atoms with Gasteiger partial charge in [-0.05, 0) is 13.8 Å². The number of methoxy groups -OCH3 is 1. The van der Waals surface area contributed by atoms with Crippen LogP contribution in [0.1, 0.15) is 13.8 Å². The summed E-state index contributed by atoms with van der Waals surface area (Å²) in [5.74, 6) is -1.19. The average molecular weight is 117 g/mol. The number of hydrogen-bond donors (Lipinski definition) is 0. The molecule has 0 spiro atoms. The van der Waals surface area contributed by atoms with E-state index in [0.29, 0.717) is 0 Å². The maximum atomic E-state index is 10.0. The van der Waals surface area contributed by atoms with Gasteiger partial charge in [0.15, 0.2) is 0 Å². The fourth-order valence-corrected chi connectivity index (χ4v) is 0.0833. The van der Waals surface area contributed by atoms with E-state index in [1.165, 1.54) is 21.0 Å². The topological polar surface area (TPSA) is 49.4 Å². The molecule has 0 amide bonds. The Labute approximate surface area is 48.3 Å². The van der Waals surface area contributed by atoms with E-state index < -0.39 is 11.6 Å². The second-order valence-corrected chi connectivity index (χ2v) is 2.00. The third kappa shape index (κ3) is 1.50. The molecule has 8 heavy (non-hydrogen) atoms. The molecule has 0 bridgehead atoms. The third-order valence-corrected chi connectivity index (χ3v) is 1.00. The zero-order valence-corrected chi connectivity index (χ0v) is 5.22. The summed E-state index contributed by atoms with van der Waals surface area (Å²) >= 11 is 0. The van der Waals surface area contributed by atoms with Gasteiger partial charge in [-0.2, -0.15) is 0 Å². The Balaban J connectivity index is 3.91. The van der Waals surface area contributed by atoms with E-state index in [1.807, 2.05) is 0 Å². The first-order valence-electron chi connectivity index (χ1n) is 2.27. The standard InChI is InChI=1S/C5H10O3/c1-5(2,8-3)4(6)7/h1-3H3,(H,6,7)/p-1. The van der Waals surface area contributed by atoms with Crippen molar-refractivity contribution in [1.29, 1.82) is 0 Å². The maximum Gasteiger partial charge on any atom is 0.101 e. The molecule has 0 heterocycles. The lowest BCUT2D eigenvalue weighted by molar-refractivity contribution is -0.323. The Morgan fingerprint density at radius 1 is 1.62 bits per heavy atom. The minimum atomic E-state index is -1.19. The first kappa shape index (κ1) is 7.43. The smallest absolute Gasteiger partial charge is 0.101 e. The monoisotopic (exact) mass is 117 g/mol. The zero-order valence-electron chi connectivity index (χ0n) is 5.22. The number of carbonyl (C=O) groups is 1. The molecule has 0 fully saturated rings. The normalized spacial score (nSPS) is 11.4. The van der Waals surface area contributed by atoms with Crippen LogP contribution in [-0.4, -0.2) is 18.7 Å². The maximum absolute atomic E-state index is 10.0. The molecule has 0 N–H and O–H groups in total. The quantitative estimate of drug-likeness (QED) is 0.474. The van der Waals surface area contributed by atoms with Crippen molar-refractivity contribution >= 4 is 5.97 Å². The minimum absolute atomic E-state index is 1.15. The van der Waals surface area contributed by atoms with Gasteiger partial charge in [-0.25, -0.2) is 0 Å². The van der Waals surface area contributed by atoms with Crippen molar-refractivity contribution in [3.8, 4) is 0 Å². The highest BCUT2D eigenvalue weighted by Gasteiger charge is 2.16. The minimum Gasteiger partial charge on any atom is -0.547 e. The van der Waals surface area contributed by atoms with Gasteiger partial charge in [0.25, 0.3) is 0 Å². The highest BCUT2D eigenvalue weighted by Crippen LogP contribution is 2.03. The number of carboxylic acids is 1. The second kappa shape index (κ2) is 2.13.